The van der Waals surface area contributed by atoms with Gasteiger partial charge in [-0.1, -0.05) is 61.4 Å². The maximum atomic E-state index is 13.6. The van der Waals surface area contributed by atoms with Gasteiger partial charge in [0.2, 0.25) is 5.91 Å². The van der Waals surface area contributed by atoms with Gasteiger partial charge in [-0.05, 0) is 53.4 Å². The van der Waals surface area contributed by atoms with Crippen LogP contribution in [0.2, 0.25) is 0 Å². The molecule has 3 aliphatic carbocycles. The number of benzene rings is 2. The molecule has 0 bridgehead atoms. The Morgan fingerprint density at radius 1 is 0.971 bits per heavy atom. The molecule has 182 valence electrons. The highest BCUT2D eigenvalue weighted by atomic mass is 16.5. The Bertz CT molecular complexity index is 1140. The van der Waals surface area contributed by atoms with Crippen LogP contribution in [0.4, 0.5) is 4.79 Å². The average Bonchev–Trinajstić information content (AvgIpc) is 3.25. The number of alkyl carbamates (subject to hydrolysis) is 1. The molecule has 2 saturated carbocycles. The number of carboxylic acid groups (broad SMARTS) is 1. The van der Waals surface area contributed by atoms with E-state index in [0.29, 0.717) is 32.4 Å². The fourth-order valence-corrected chi connectivity index (χ4v) is 6.79. The molecule has 2 aromatic rings. The lowest BCUT2D eigenvalue weighted by atomic mass is 9.94. The zero-order valence-electron chi connectivity index (χ0n) is 19.6. The van der Waals surface area contributed by atoms with Gasteiger partial charge in [0, 0.05) is 19.0 Å². The van der Waals surface area contributed by atoms with Crippen LogP contribution in [0.15, 0.2) is 48.5 Å². The Hall–Kier alpha value is -3.35. The molecule has 3 unspecified atom stereocenters. The van der Waals surface area contributed by atoms with E-state index in [2.05, 4.69) is 29.6 Å². The number of carbonyl (C=O) groups excluding carboxylic acids is 2. The van der Waals surface area contributed by atoms with Crippen molar-refractivity contribution in [2.24, 2.45) is 17.8 Å². The second kappa shape index (κ2) is 8.40. The molecule has 0 spiro atoms. The quantitative estimate of drug-likeness (QED) is 0.683. The predicted molar refractivity (Wildman–Crippen MR) is 129 cm³/mol. The fourth-order valence-electron chi connectivity index (χ4n) is 6.79. The summed E-state index contributed by atoms with van der Waals surface area (Å²) in [5, 5.41) is 12.3. The first kappa shape index (κ1) is 22.1. The number of likely N-dealkylation sites (tertiary alicyclic amines) is 1. The largest absolute Gasteiger partial charge is 0.481 e. The Morgan fingerprint density at radius 2 is 1.60 bits per heavy atom. The van der Waals surface area contributed by atoms with Crippen molar-refractivity contribution in [1.29, 1.82) is 0 Å². The third-order valence-electron chi connectivity index (χ3n) is 8.62. The van der Waals surface area contributed by atoms with Crippen molar-refractivity contribution in [2.75, 3.05) is 19.7 Å². The highest BCUT2D eigenvalue weighted by Crippen LogP contribution is 2.52. The summed E-state index contributed by atoms with van der Waals surface area (Å²) < 4.78 is 5.74. The maximum absolute atomic E-state index is 13.6. The van der Waals surface area contributed by atoms with Crippen molar-refractivity contribution in [1.82, 2.24) is 10.2 Å². The lowest BCUT2D eigenvalue weighted by molar-refractivity contribution is -0.140. The van der Waals surface area contributed by atoms with Crippen molar-refractivity contribution in [3.8, 4) is 11.1 Å². The summed E-state index contributed by atoms with van der Waals surface area (Å²) in [6.07, 6.45) is 3.06. The number of carbonyl (C=O) groups is 3. The molecule has 3 atom stereocenters. The molecule has 0 radical (unpaired) electrons. The second-order valence-electron chi connectivity index (χ2n) is 10.5. The molecule has 1 saturated heterocycles. The van der Waals surface area contributed by atoms with Crippen LogP contribution in [0.1, 0.15) is 49.1 Å². The van der Waals surface area contributed by atoms with Gasteiger partial charge >= 0.3 is 12.1 Å². The number of piperidine rings is 1. The van der Waals surface area contributed by atoms with Gasteiger partial charge in [-0.15, -0.1) is 0 Å². The standard InChI is InChI=1S/C28H30N2O5/c31-25(32)24-21-11-14-30(15-22(21)24)26(33)28(12-5-6-13-28)29-27(34)35-16-23-19-9-3-1-7-17(19)18-8-2-4-10-20(18)23/h1-4,7-10,21-24H,5-6,11-16H2,(H,29,34)(H,31,32). The Balaban J connectivity index is 1.13. The van der Waals surface area contributed by atoms with Crippen LogP contribution in [0.3, 0.4) is 0 Å². The smallest absolute Gasteiger partial charge is 0.408 e. The maximum Gasteiger partial charge on any atom is 0.408 e. The summed E-state index contributed by atoms with van der Waals surface area (Å²) in [4.78, 5) is 39.8. The number of rotatable bonds is 5. The topological polar surface area (TPSA) is 95.9 Å². The Kier molecular flexibility index (Phi) is 5.31. The lowest BCUT2D eigenvalue weighted by Gasteiger charge is -2.36. The first-order chi connectivity index (χ1) is 17.0. The lowest BCUT2D eigenvalue weighted by Crippen LogP contribution is -2.59. The molecule has 2 amide bonds. The van der Waals surface area contributed by atoms with E-state index in [4.69, 9.17) is 4.74 Å². The number of nitrogens with zero attached hydrogens (tertiary/aromatic N) is 1. The zero-order valence-corrected chi connectivity index (χ0v) is 19.6. The summed E-state index contributed by atoms with van der Waals surface area (Å²) in [7, 11) is 0. The van der Waals surface area contributed by atoms with Crippen LogP contribution in [-0.4, -0.2) is 53.2 Å². The van der Waals surface area contributed by atoms with Crippen molar-refractivity contribution in [3.63, 3.8) is 0 Å². The summed E-state index contributed by atoms with van der Waals surface area (Å²) in [6, 6.07) is 16.4. The number of amides is 2. The number of fused-ring (bicyclic) bond motifs is 4. The van der Waals surface area contributed by atoms with Crippen molar-refractivity contribution < 1.29 is 24.2 Å². The van der Waals surface area contributed by atoms with Crippen molar-refractivity contribution >= 4 is 18.0 Å². The van der Waals surface area contributed by atoms with E-state index < -0.39 is 17.6 Å². The number of hydrogen-bond acceptors (Lipinski definition) is 4. The second-order valence-corrected chi connectivity index (χ2v) is 10.5. The summed E-state index contributed by atoms with van der Waals surface area (Å²) >= 11 is 0. The Morgan fingerprint density at radius 3 is 2.23 bits per heavy atom. The van der Waals surface area contributed by atoms with E-state index in [-0.39, 0.29) is 36.2 Å². The summed E-state index contributed by atoms with van der Waals surface area (Å²) in [6.45, 7) is 1.23. The van der Waals surface area contributed by atoms with Crippen molar-refractivity contribution in [2.45, 2.75) is 43.6 Å². The minimum atomic E-state index is -0.955. The van der Waals surface area contributed by atoms with Gasteiger partial charge in [0.1, 0.15) is 12.1 Å². The van der Waals surface area contributed by atoms with Crippen LogP contribution in [0.25, 0.3) is 11.1 Å². The third kappa shape index (κ3) is 3.68. The van der Waals surface area contributed by atoms with E-state index in [9.17, 15) is 19.5 Å². The van der Waals surface area contributed by atoms with E-state index in [1.165, 1.54) is 11.1 Å². The molecule has 1 aliphatic heterocycles. The molecule has 4 aliphatic rings. The van der Waals surface area contributed by atoms with Crippen LogP contribution < -0.4 is 5.32 Å². The van der Waals surface area contributed by atoms with Gasteiger partial charge in [-0.3, -0.25) is 9.59 Å². The Labute approximate surface area is 204 Å². The first-order valence-electron chi connectivity index (χ1n) is 12.6. The number of aliphatic carboxylic acids is 1. The fraction of sp³-hybridized carbons (Fsp3) is 0.464. The van der Waals surface area contributed by atoms with E-state index >= 15 is 0 Å². The van der Waals surface area contributed by atoms with Gasteiger partial charge in [0.25, 0.3) is 0 Å². The average molecular weight is 475 g/mol. The van der Waals surface area contributed by atoms with Crippen LogP contribution >= 0.6 is 0 Å². The monoisotopic (exact) mass is 474 g/mol. The molecule has 35 heavy (non-hydrogen) atoms. The number of hydrogen-bond donors (Lipinski definition) is 2. The molecule has 7 nitrogen and oxygen atoms in total. The molecule has 0 aromatic heterocycles. The highest BCUT2D eigenvalue weighted by Gasteiger charge is 2.58. The third-order valence-corrected chi connectivity index (χ3v) is 8.62. The number of nitrogens with one attached hydrogen (secondary N) is 1. The number of ether oxygens (including phenoxy) is 1. The first-order valence-corrected chi connectivity index (χ1v) is 12.6. The van der Waals surface area contributed by atoms with Crippen LogP contribution in [-0.2, 0) is 14.3 Å². The van der Waals surface area contributed by atoms with Gasteiger partial charge in [0.05, 0.1) is 5.92 Å². The summed E-state index contributed by atoms with van der Waals surface area (Å²) in [5.74, 6) is -0.989. The molecular formula is C28H30N2O5. The van der Waals surface area contributed by atoms with Crippen molar-refractivity contribution in [3.05, 3.63) is 59.7 Å². The minimum absolute atomic E-state index is 0.0368. The highest BCUT2D eigenvalue weighted by molar-refractivity contribution is 5.91. The molecule has 2 N–H and O–H groups in total. The van der Waals surface area contributed by atoms with Gasteiger partial charge in [-0.2, -0.15) is 0 Å². The molecule has 7 heteroatoms. The van der Waals surface area contributed by atoms with Gasteiger partial charge < -0.3 is 20.1 Å². The van der Waals surface area contributed by atoms with Gasteiger partial charge in [0.15, 0.2) is 0 Å². The minimum Gasteiger partial charge on any atom is -0.481 e. The van der Waals surface area contributed by atoms with E-state index in [1.54, 1.807) is 4.90 Å². The SMILES string of the molecule is O=C(NC1(C(=O)N2CCC3C(C2)C3C(=O)O)CCCC1)OCC1c2ccccc2-c2ccccc21. The van der Waals surface area contributed by atoms with Crippen LogP contribution in [0, 0.1) is 17.8 Å². The number of carboxylic acids is 1. The van der Waals surface area contributed by atoms with Crippen LogP contribution in [0.5, 0.6) is 0 Å². The molecule has 2 aromatic carbocycles. The summed E-state index contributed by atoms with van der Waals surface area (Å²) in [5.41, 5.74) is 3.68. The predicted octanol–water partition coefficient (Wildman–Crippen LogP) is 4.02. The molecule has 3 fully saturated rings. The normalized spacial score (nSPS) is 25.8. The van der Waals surface area contributed by atoms with E-state index in [1.807, 2.05) is 24.3 Å². The zero-order chi connectivity index (χ0) is 24.2. The van der Waals surface area contributed by atoms with E-state index in [0.717, 1.165) is 24.0 Å². The van der Waals surface area contributed by atoms with Gasteiger partial charge in [-0.25, -0.2) is 4.79 Å². The molecular weight excluding hydrogens is 444 g/mol. The molecule has 6 rings (SSSR count). The molecule has 1 heterocycles.